The van der Waals surface area contributed by atoms with E-state index >= 15 is 0 Å². The molecule has 0 saturated heterocycles. The highest BCUT2D eigenvalue weighted by Gasteiger charge is 2.20. The molecule has 2 heterocycles. The second-order valence-corrected chi connectivity index (χ2v) is 7.24. The summed E-state index contributed by atoms with van der Waals surface area (Å²) in [7, 11) is 3.02. The minimum atomic E-state index is -0.452. The van der Waals surface area contributed by atoms with Crippen molar-refractivity contribution in [2.24, 2.45) is 14.1 Å². The summed E-state index contributed by atoms with van der Waals surface area (Å²) in [6.07, 6.45) is 0. The number of aromatic nitrogens is 3. The van der Waals surface area contributed by atoms with E-state index in [4.69, 9.17) is 23.2 Å². The van der Waals surface area contributed by atoms with Gasteiger partial charge in [-0.25, -0.2) is 9.78 Å². The molecule has 4 rings (SSSR count). The Balaban J connectivity index is 2.25. The Kier molecular flexibility index (Phi) is 4.57. The molecule has 4 aromatic rings. The maximum absolute atomic E-state index is 13.0. The highest BCUT2D eigenvalue weighted by atomic mass is 35.5. The average molecular weight is 412 g/mol. The van der Waals surface area contributed by atoms with Gasteiger partial charge in [-0.3, -0.25) is 13.9 Å². The number of pyridine rings is 1. The Bertz CT molecular complexity index is 1320. The fourth-order valence-electron chi connectivity index (χ4n) is 3.26. The molecule has 28 heavy (non-hydrogen) atoms. The van der Waals surface area contributed by atoms with Crippen molar-refractivity contribution < 1.29 is 0 Å². The predicted molar refractivity (Wildman–Crippen MR) is 113 cm³/mol. The lowest BCUT2D eigenvalue weighted by Gasteiger charge is -2.15. The monoisotopic (exact) mass is 411 g/mol. The molecule has 0 saturated carbocycles. The molecule has 0 radical (unpaired) electrons. The van der Waals surface area contributed by atoms with Crippen molar-refractivity contribution in [3.05, 3.63) is 85.5 Å². The Morgan fingerprint density at radius 2 is 1.50 bits per heavy atom. The molecule has 7 heteroatoms. The molecule has 0 atom stereocenters. The van der Waals surface area contributed by atoms with Crippen LogP contribution >= 0.6 is 23.2 Å². The fraction of sp³-hybridized carbons (Fsp3) is 0.0952. The number of rotatable bonds is 2. The minimum Gasteiger partial charge on any atom is -0.280 e. The molecular weight excluding hydrogens is 397 g/mol. The van der Waals surface area contributed by atoms with Gasteiger partial charge < -0.3 is 0 Å². The average Bonchev–Trinajstić information content (AvgIpc) is 2.70. The van der Waals surface area contributed by atoms with Crippen LogP contribution in [0.2, 0.25) is 10.0 Å². The van der Waals surface area contributed by atoms with E-state index in [0.29, 0.717) is 32.3 Å². The van der Waals surface area contributed by atoms with E-state index in [1.165, 1.54) is 11.6 Å². The van der Waals surface area contributed by atoms with Crippen LogP contribution in [0.5, 0.6) is 0 Å². The van der Waals surface area contributed by atoms with Crippen molar-refractivity contribution >= 4 is 34.2 Å². The van der Waals surface area contributed by atoms with E-state index in [2.05, 4.69) is 4.98 Å². The fourth-order valence-corrected chi connectivity index (χ4v) is 3.87. The maximum atomic E-state index is 13.0. The number of aryl methyl sites for hydroxylation is 1. The van der Waals surface area contributed by atoms with Gasteiger partial charge in [0.15, 0.2) is 5.65 Å². The second kappa shape index (κ2) is 6.93. The maximum Gasteiger partial charge on any atom is 0.332 e. The molecule has 0 N–H and O–H groups in total. The van der Waals surface area contributed by atoms with E-state index < -0.39 is 11.2 Å². The first-order valence-electron chi connectivity index (χ1n) is 8.50. The first-order chi connectivity index (χ1) is 13.4. The molecule has 2 aromatic carbocycles. The summed E-state index contributed by atoms with van der Waals surface area (Å²) in [6, 6.07) is 16.5. The molecule has 0 fully saturated rings. The number of halogens is 2. The molecular formula is C21H15Cl2N3O2. The van der Waals surface area contributed by atoms with E-state index in [9.17, 15) is 9.59 Å². The highest BCUT2D eigenvalue weighted by molar-refractivity contribution is 6.39. The van der Waals surface area contributed by atoms with Crippen molar-refractivity contribution in [1.82, 2.24) is 14.1 Å². The van der Waals surface area contributed by atoms with Gasteiger partial charge in [0.05, 0.1) is 11.1 Å². The SMILES string of the molecule is Cn1c(=O)c2c(-c3c(Cl)cccc3Cl)cc(-c3ccccc3)nc2n(C)c1=O. The summed E-state index contributed by atoms with van der Waals surface area (Å²) in [6.45, 7) is 0. The predicted octanol–water partition coefficient (Wildman–Crippen LogP) is 4.27. The lowest BCUT2D eigenvalue weighted by Crippen LogP contribution is -2.37. The Hall–Kier alpha value is -2.89. The number of nitrogens with zero attached hydrogens (tertiary/aromatic N) is 3. The lowest BCUT2D eigenvalue weighted by molar-refractivity contribution is 0.708. The van der Waals surface area contributed by atoms with E-state index in [1.807, 2.05) is 30.3 Å². The zero-order valence-electron chi connectivity index (χ0n) is 15.1. The molecule has 0 aliphatic rings. The number of hydrogen-bond acceptors (Lipinski definition) is 3. The Labute approximate surface area is 170 Å². The third-order valence-corrected chi connectivity index (χ3v) is 5.34. The van der Waals surface area contributed by atoms with Gasteiger partial charge >= 0.3 is 5.69 Å². The molecule has 2 aromatic heterocycles. The first kappa shape index (κ1) is 18.5. The lowest BCUT2D eigenvalue weighted by atomic mass is 10.00. The van der Waals surface area contributed by atoms with Gasteiger partial charge in [-0.1, -0.05) is 59.6 Å². The molecule has 0 aliphatic heterocycles. The smallest absolute Gasteiger partial charge is 0.280 e. The van der Waals surface area contributed by atoms with Gasteiger partial charge in [-0.2, -0.15) is 0 Å². The Morgan fingerprint density at radius 1 is 0.857 bits per heavy atom. The summed E-state index contributed by atoms with van der Waals surface area (Å²) in [5.74, 6) is 0. The van der Waals surface area contributed by atoms with E-state index in [1.54, 1.807) is 31.3 Å². The van der Waals surface area contributed by atoms with Crippen LogP contribution < -0.4 is 11.2 Å². The molecule has 5 nitrogen and oxygen atoms in total. The summed E-state index contributed by atoms with van der Waals surface area (Å²) in [4.78, 5) is 30.1. The van der Waals surface area contributed by atoms with Gasteiger partial charge in [0.2, 0.25) is 0 Å². The van der Waals surface area contributed by atoms with Crippen LogP contribution in [-0.2, 0) is 14.1 Å². The first-order valence-corrected chi connectivity index (χ1v) is 9.26. The van der Waals surface area contributed by atoms with Crippen LogP contribution in [-0.4, -0.2) is 14.1 Å². The van der Waals surface area contributed by atoms with Crippen molar-refractivity contribution in [3.63, 3.8) is 0 Å². The van der Waals surface area contributed by atoms with Crippen LogP contribution in [0.3, 0.4) is 0 Å². The zero-order chi connectivity index (χ0) is 20.0. The van der Waals surface area contributed by atoms with Crippen LogP contribution in [0.1, 0.15) is 0 Å². The van der Waals surface area contributed by atoms with Gasteiger partial charge in [0.25, 0.3) is 5.56 Å². The quantitative estimate of drug-likeness (QED) is 0.494. The number of hydrogen-bond donors (Lipinski definition) is 0. The van der Waals surface area contributed by atoms with Gasteiger partial charge in [0, 0.05) is 40.8 Å². The summed E-state index contributed by atoms with van der Waals surface area (Å²) in [5, 5.41) is 1.11. The molecule has 0 bridgehead atoms. The summed E-state index contributed by atoms with van der Waals surface area (Å²) >= 11 is 12.9. The van der Waals surface area contributed by atoms with Gasteiger partial charge in [-0.15, -0.1) is 0 Å². The normalized spacial score (nSPS) is 11.1. The van der Waals surface area contributed by atoms with E-state index in [-0.39, 0.29) is 5.65 Å². The molecule has 0 spiro atoms. The third kappa shape index (κ3) is 2.84. The van der Waals surface area contributed by atoms with E-state index in [0.717, 1.165) is 10.1 Å². The standard InChI is InChI=1S/C21H15Cl2N3O2/c1-25-19-18(20(27)26(2)21(25)28)13(17-14(22)9-6-10-15(17)23)11-16(24-19)12-7-4-3-5-8-12/h3-11H,1-2H3. The van der Waals surface area contributed by atoms with Gasteiger partial charge in [0.1, 0.15) is 0 Å². The highest BCUT2D eigenvalue weighted by Crippen LogP contribution is 2.38. The molecule has 0 amide bonds. The topological polar surface area (TPSA) is 56.9 Å². The summed E-state index contributed by atoms with van der Waals surface area (Å²) in [5.41, 5.74) is 1.91. The van der Waals surface area contributed by atoms with Gasteiger partial charge in [-0.05, 0) is 18.2 Å². The van der Waals surface area contributed by atoms with Crippen molar-refractivity contribution in [2.75, 3.05) is 0 Å². The number of benzene rings is 2. The molecule has 140 valence electrons. The van der Waals surface area contributed by atoms with Crippen molar-refractivity contribution in [3.8, 4) is 22.4 Å². The Morgan fingerprint density at radius 3 is 2.14 bits per heavy atom. The second-order valence-electron chi connectivity index (χ2n) is 6.42. The van der Waals surface area contributed by atoms with Crippen LogP contribution in [0.25, 0.3) is 33.4 Å². The van der Waals surface area contributed by atoms with Crippen LogP contribution in [0.4, 0.5) is 0 Å². The molecule has 0 aliphatic carbocycles. The minimum absolute atomic E-state index is 0.278. The zero-order valence-corrected chi connectivity index (χ0v) is 16.6. The largest absolute Gasteiger partial charge is 0.332 e. The summed E-state index contributed by atoms with van der Waals surface area (Å²) < 4.78 is 2.41. The third-order valence-electron chi connectivity index (χ3n) is 4.71. The van der Waals surface area contributed by atoms with Crippen LogP contribution in [0, 0.1) is 0 Å². The van der Waals surface area contributed by atoms with Crippen molar-refractivity contribution in [2.45, 2.75) is 0 Å². The number of fused-ring (bicyclic) bond motifs is 1. The van der Waals surface area contributed by atoms with Crippen molar-refractivity contribution in [1.29, 1.82) is 0 Å². The molecule has 0 unspecified atom stereocenters. The van der Waals surface area contributed by atoms with Crippen LogP contribution in [0.15, 0.2) is 64.2 Å².